The van der Waals surface area contributed by atoms with E-state index in [1.54, 1.807) is 6.07 Å². The third-order valence-electron chi connectivity index (χ3n) is 2.82. The van der Waals surface area contributed by atoms with E-state index in [1.807, 2.05) is 0 Å². The normalized spacial score (nSPS) is 11.7. The number of hydrazone groups is 1. The molecule has 0 radical (unpaired) electrons. The molecule has 0 unspecified atom stereocenters. The van der Waals surface area contributed by atoms with Crippen LogP contribution in [0, 0.1) is 15.9 Å². The maximum atomic E-state index is 13.4. The quantitative estimate of drug-likeness (QED) is 0.396. The number of nitro benzene ring substituents is 1. The minimum absolute atomic E-state index is 0.120. The van der Waals surface area contributed by atoms with Crippen molar-refractivity contribution in [1.82, 2.24) is 0 Å². The summed E-state index contributed by atoms with van der Waals surface area (Å²) in [7, 11) is 0. The number of nitro groups is 1. The van der Waals surface area contributed by atoms with Crippen LogP contribution in [0.15, 0.2) is 47.6 Å². The van der Waals surface area contributed by atoms with Gasteiger partial charge in [0.05, 0.1) is 16.7 Å². The van der Waals surface area contributed by atoms with Gasteiger partial charge in [0.2, 0.25) is 0 Å². The molecular weight excluding hydrogens is 318 g/mol. The van der Waals surface area contributed by atoms with Crippen LogP contribution in [0.25, 0.3) is 0 Å². The van der Waals surface area contributed by atoms with E-state index in [9.17, 15) is 27.7 Å². The molecule has 0 saturated carbocycles. The van der Waals surface area contributed by atoms with Gasteiger partial charge in [-0.25, -0.2) is 4.39 Å². The molecule has 0 aliphatic carbocycles. The molecule has 9 heteroatoms. The first-order valence-corrected chi connectivity index (χ1v) is 6.18. The van der Waals surface area contributed by atoms with Gasteiger partial charge < -0.3 is 0 Å². The lowest BCUT2D eigenvalue weighted by Gasteiger charge is -2.08. The first-order chi connectivity index (χ1) is 10.8. The lowest BCUT2D eigenvalue weighted by atomic mass is 10.1. The molecular formula is C14H9F4N3O2. The van der Waals surface area contributed by atoms with Gasteiger partial charge in [0.25, 0.3) is 5.69 Å². The SMILES string of the molecule is O=[N+]([O-])c1cc(C(F)(F)F)ccc1NN=Cc1ccccc1F. The van der Waals surface area contributed by atoms with Crippen LogP contribution in [0.4, 0.5) is 28.9 Å². The zero-order chi connectivity index (χ0) is 17.0. The van der Waals surface area contributed by atoms with Crippen molar-refractivity contribution >= 4 is 17.6 Å². The summed E-state index contributed by atoms with van der Waals surface area (Å²) in [6.07, 6.45) is -3.63. The van der Waals surface area contributed by atoms with Crippen molar-refractivity contribution in [3.8, 4) is 0 Å². The molecule has 0 spiro atoms. The Balaban J connectivity index is 2.26. The zero-order valence-electron chi connectivity index (χ0n) is 11.3. The van der Waals surface area contributed by atoms with Crippen LogP contribution in [0.3, 0.4) is 0 Å². The van der Waals surface area contributed by atoms with E-state index in [1.165, 1.54) is 18.2 Å². The van der Waals surface area contributed by atoms with Crippen LogP contribution in [0.2, 0.25) is 0 Å². The molecule has 0 fully saturated rings. The number of halogens is 4. The summed E-state index contributed by atoms with van der Waals surface area (Å²) >= 11 is 0. The largest absolute Gasteiger partial charge is 0.416 e. The molecule has 0 heterocycles. The molecule has 0 aliphatic heterocycles. The number of hydrogen-bond acceptors (Lipinski definition) is 4. The highest BCUT2D eigenvalue weighted by atomic mass is 19.4. The topological polar surface area (TPSA) is 67.5 Å². The van der Waals surface area contributed by atoms with Gasteiger partial charge in [0.15, 0.2) is 0 Å². The number of nitrogens with zero attached hydrogens (tertiary/aromatic N) is 2. The van der Waals surface area contributed by atoms with E-state index < -0.39 is 28.2 Å². The molecule has 1 N–H and O–H groups in total. The van der Waals surface area contributed by atoms with Crippen molar-refractivity contribution < 1.29 is 22.5 Å². The van der Waals surface area contributed by atoms with Crippen LogP contribution in [0.5, 0.6) is 0 Å². The van der Waals surface area contributed by atoms with Gasteiger partial charge in [-0.2, -0.15) is 18.3 Å². The number of nitrogens with one attached hydrogen (secondary N) is 1. The number of alkyl halides is 3. The van der Waals surface area contributed by atoms with Gasteiger partial charge in [-0.05, 0) is 18.2 Å². The Morgan fingerprint density at radius 3 is 2.48 bits per heavy atom. The predicted molar refractivity (Wildman–Crippen MR) is 75.7 cm³/mol. The number of benzene rings is 2. The standard InChI is InChI=1S/C14H9F4N3O2/c15-11-4-2-1-3-9(11)8-19-20-12-6-5-10(14(16,17)18)7-13(12)21(22)23/h1-8,20H. The van der Waals surface area contributed by atoms with Gasteiger partial charge in [0.1, 0.15) is 11.5 Å². The van der Waals surface area contributed by atoms with Gasteiger partial charge in [-0.1, -0.05) is 18.2 Å². The average Bonchev–Trinajstić information content (AvgIpc) is 2.48. The summed E-state index contributed by atoms with van der Waals surface area (Å²) in [4.78, 5) is 9.91. The highest BCUT2D eigenvalue weighted by Crippen LogP contribution is 2.34. The van der Waals surface area contributed by atoms with Crippen LogP contribution in [-0.4, -0.2) is 11.1 Å². The van der Waals surface area contributed by atoms with Crippen molar-refractivity contribution in [2.24, 2.45) is 5.10 Å². The van der Waals surface area contributed by atoms with Crippen molar-refractivity contribution in [2.75, 3.05) is 5.43 Å². The van der Waals surface area contributed by atoms with Gasteiger partial charge in [-0.15, -0.1) is 0 Å². The second-order valence-corrected chi connectivity index (χ2v) is 4.38. The molecule has 5 nitrogen and oxygen atoms in total. The summed E-state index contributed by atoms with van der Waals surface area (Å²) in [5.74, 6) is -0.556. The molecule has 2 aromatic rings. The third-order valence-corrected chi connectivity index (χ3v) is 2.82. The number of anilines is 1. The molecule has 0 atom stereocenters. The van der Waals surface area contributed by atoms with Crippen molar-refractivity contribution in [3.05, 3.63) is 69.5 Å². The highest BCUT2D eigenvalue weighted by Gasteiger charge is 2.33. The Hall–Kier alpha value is -2.97. The van der Waals surface area contributed by atoms with Crippen molar-refractivity contribution in [1.29, 1.82) is 0 Å². The monoisotopic (exact) mass is 327 g/mol. The van der Waals surface area contributed by atoms with Crippen molar-refractivity contribution in [3.63, 3.8) is 0 Å². The number of hydrogen-bond donors (Lipinski definition) is 1. The van der Waals surface area contributed by atoms with Crippen LogP contribution in [0.1, 0.15) is 11.1 Å². The zero-order valence-corrected chi connectivity index (χ0v) is 11.3. The average molecular weight is 327 g/mol. The van der Waals surface area contributed by atoms with Gasteiger partial charge in [-0.3, -0.25) is 15.5 Å². The highest BCUT2D eigenvalue weighted by molar-refractivity contribution is 5.80. The molecule has 0 saturated heterocycles. The Labute approximate surface area is 127 Å². The summed E-state index contributed by atoms with van der Waals surface area (Å²) in [5.41, 5.74) is 0.190. The summed E-state index contributed by atoms with van der Waals surface area (Å²) in [5, 5.41) is 14.5. The molecule has 120 valence electrons. The van der Waals surface area contributed by atoms with Crippen LogP contribution < -0.4 is 5.43 Å². The lowest BCUT2D eigenvalue weighted by molar-refractivity contribution is -0.384. The van der Waals surface area contributed by atoms with E-state index in [2.05, 4.69) is 10.5 Å². The maximum Gasteiger partial charge on any atom is 0.416 e. The second-order valence-electron chi connectivity index (χ2n) is 4.38. The molecule has 0 bridgehead atoms. The smallest absolute Gasteiger partial charge is 0.272 e. The fourth-order valence-electron chi connectivity index (χ4n) is 1.70. The van der Waals surface area contributed by atoms with Gasteiger partial charge >= 0.3 is 6.18 Å². The fourth-order valence-corrected chi connectivity index (χ4v) is 1.70. The molecule has 0 amide bonds. The summed E-state index contributed by atoms with van der Waals surface area (Å²) in [6.45, 7) is 0. The molecule has 0 aromatic heterocycles. The Morgan fingerprint density at radius 1 is 1.17 bits per heavy atom. The lowest BCUT2D eigenvalue weighted by Crippen LogP contribution is -2.06. The van der Waals surface area contributed by atoms with E-state index in [4.69, 9.17) is 0 Å². The molecule has 0 aliphatic rings. The molecule has 2 rings (SSSR count). The maximum absolute atomic E-state index is 13.4. The Bertz CT molecular complexity index is 760. The van der Waals surface area contributed by atoms with Crippen molar-refractivity contribution in [2.45, 2.75) is 6.18 Å². The van der Waals surface area contributed by atoms with Gasteiger partial charge in [0, 0.05) is 11.6 Å². The Morgan fingerprint density at radius 2 is 1.87 bits per heavy atom. The predicted octanol–water partition coefficient (Wildman–Crippen LogP) is 4.20. The molecule has 23 heavy (non-hydrogen) atoms. The molecule has 2 aromatic carbocycles. The second kappa shape index (κ2) is 6.42. The van der Waals surface area contributed by atoms with E-state index in [0.717, 1.165) is 12.3 Å². The van der Waals surface area contributed by atoms with E-state index in [0.29, 0.717) is 12.1 Å². The summed E-state index contributed by atoms with van der Waals surface area (Å²) < 4.78 is 51.1. The van der Waals surface area contributed by atoms with E-state index >= 15 is 0 Å². The Kier molecular flexibility index (Phi) is 4.58. The summed E-state index contributed by atoms with van der Waals surface area (Å²) in [6, 6.07) is 7.63. The van der Waals surface area contributed by atoms with Crippen LogP contribution >= 0.6 is 0 Å². The fraction of sp³-hybridized carbons (Fsp3) is 0.0714. The van der Waals surface area contributed by atoms with E-state index in [-0.39, 0.29) is 11.3 Å². The minimum atomic E-state index is -4.69. The van der Waals surface area contributed by atoms with Crippen LogP contribution in [-0.2, 0) is 6.18 Å². The third kappa shape index (κ3) is 4.02. The first-order valence-electron chi connectivity index (χ1n) is 6.18. The number of rotatable bonds is 4. The first kappa shape index (κ1) is 16.4. The minimum Gasteiger partial charge on any atom is -0.272 e.